The molecule has 134 valence electrons. The third-order valence-electron chi connectivity index (χ3n) is 4.50. The third-order valence-corrected chi connectivity index (χ3v) is 5.05. The maximum atomic E-state index is 12.5. The van der Waals surface area contributed by atoms with E-state index < -0.39 is 0 Å². The molecule has 9 heteroatoms. The number of hydrogen-bond donors (Lipinski definition) is 2. The van der Waals surface area contributed by atoms with Gasteiger partial charge in [-0.3, -0.25) is 4.98 Å². The van der Waals surface area contributed by atoms with E-state index in [2.05, 4.69) is 34.2 Å². The molecule has 1 aliphatic heterocycles. The van der Waals surface area contributed by atoms with Crippen molar-refractivity contribution in [2.45, 2.75) is 25.8 Å². The van der Waals surface area contributed by atoms with Crippen molar-refractivity contribution in [3.8, 4) is 0 Å². The van der Waals surface area contributed by atoms with E-state index in [0.29, 0.717) is 6.54 Å². The summed E-state index contributed by atoms with van der Waals surface area (Å²) < 4.78 is 8.52. The molecule has 0 spiro atoms. The second kappa shape index (κ2) is 7.20. The van der Waals surface area contributed by atoms with E-state index >= 15 is 0 Å². The van der Waals surface area contributed by atoms with Crippen molar-refractivity contribution in [3.63, 3.8) is 0 Å². The van der Waals surface area contributed by atoms with Gasteiger partial charge in [0, 0.05) is 31.5 Å². The fourth-order valence-electron chi connectivity index (χ4n) is 3.20. The molecule has 1 atom stereocenters. The van der Waals surface area contributed by atoms with E-state index in [1.165, 1.54) is 0 Å². The summed E-state index contributed by atoms with van der Waals surface area (Å²) in [6, 6.07) is 3.69. The molecule has 1 unspecified atom stereocenters. The Morgan fingerprint density at radius 2 is 2.23 bits per heavy atom. The first kappa shape index (κ1) is 16.6. The highest BCUT2D eigenvalue weighted by Crippen LogP contribution is 2.25. The zero-order chi connectivity index (χ0) is 17.9. The normalized spacial score (nSPS) is 17.3. The molecule has 2 N–H and O–H groups in total. The first-order valence-electron chi connectivity index (χ1n) is 8.51. The van der Waals surface area contributed by atoms with Gasteiger partial charge in [0.25, 0.3) is 0 Å². The van der Waals surface area contributed by atoms with Crippen molar-refractivity contribution in [3.05, 3.63) is 36.3 Å². The second-order valence-corrected chi connectivity index (χ2v) is 6.87. The van der Waals surface area contributed by atoms with Crippen LogP contribution in [0.3, 0.4) is 0 Å². The summed E-state index contributed by atoms with van der Waals surface area (Å²) in [5.41, 5.74) is 3.21. The number of benzene rings is 1. The molecule has 0 radical (unpaired) electrons. The number of piperidine rings is 1. The molecule has 0 aliphatic carbocycles. The van der Waals surface area contributed by atoms with Crippen LogP contribution in [0, 0.1) is 6.92 Å². The number of aryl methyl sites for hydroxylation is 1. The fourth-order valence-corrected chi connectivity index (χ4v) is 3.75. The molecule has 3 heterocycles. The number of nitrogens with zero attached hydrogens (tertiary/aromatic N) is 5. The van der Waals surface area contributed by atoms with E-state index in [-0.39, 0.29) is 12.1 Å². The predicted molar refractivity (Wildman–Crippen MR) is 102 cm³/mol. The SMILES string of the molecule is Cc1ccc2nsnc2c1NC(=O)NC1CCCN(c2cnccn2)C1. The van der Waals surface area contributed by atoms with Crippen LogP contribution in [-0.2, 0) is 0 Å². The molecule has 1 aromatic carbocycles. The monoisotopic (exact) mass is 369 g/mol. The van der Waals surface area contributed by atoms with Gasteiger partial charge < -0.3 is 15.5 Å². The molecule has 1 saturated heterocycles. The number of amides is 2. The molecule has 4 rings (SSSR count). The average molecular weight is 369 g/mol. The lowest BCUT2D eigenvalue weighted by Crippen LogP contribution is -2.49. The van der Waals surface area contributed by atoms with Crippen LogP contribution < -0.4 is 15.5 Å². The lowest BCUT2D eigenvalue weighted by atomic mass is 10.1. The highest BCUT2D eigenvalue weighted by Gasteiger charge is 2.23. The number of nitrogens with one attached hydrogen (secondary N) is 2. The van der Waals surface area contributed by atoms with Gasteiger partial charge in [0.15, 0.2) is 0 Å². The fraction of sp³-hybridized carbons (Fsp3) is 0.353. The maximum Gasteiger partial charge on any atom is 0.319 e. The number of fused-ring (bicyclic) bond motifs is 1. The van der Waals surface area contributed by atoms with Gasteiger partial charge in [0.05, 0.1) is 23.6 Å². The minimum absolute atomic E-state index is 0.0545. The van der Waals surface area contributed by atoms with Gasteiger partial charge in [-0.05, 0) is 31.4 Å². The molecule has 0 saturated carbocycles. The lowest BCUT2D eigenvalue weighted by molar-refractivity contribution is 0.246. The summed E-state index contributed by atoms with van der Waals surface area (Å²) in [5, 5.41) is 6.02. The van der Waals surface area contributed by atoms with Gasteiger partial charge in [0.2, 0.25) is 0 Å². The van der Waals surface area contributed by atoms with Crippen LogP contribution in [0.2, 0.25) is 0 Å². The van der Waals surface area contributed by atoms with Crippen LogP contribution in [0.1, 0.15) is 18.4 Å². The van der Waals surface area contributed by atoms with Crippen molar-refractivity contribution < 1.29 is 4.79 Å². The second-order valence-electron chi connectivity index (χ2n) is 6.34. The molecule has 26 heavy (non-hydrogen) atoms. The largest absolute Gasteiger partial charge is 0.353 e. The Kier molecular flexibility index (Phi) is 4.61. The Morgan fingerprint density at radius 1 is 1.31 bits per heavy atom. The Morgan fingerprint density at radius 3 is 3.08 bits per heavy atom. The first-order chi connectivity index (χ1) is 12.7. The van der Waals surface area contributed by atoms with E-state index in [1.807, 2.05) is 19.1 Å². The average Bonchev–Trinajstić information content (AvgIpc) is 3.14. The van der Waals surface area contributed by atoms with Crippen molar-refractivity contribution in [2.24, 2.45) is 0 Å². The van der Waals surface area contributed by atoms with Crippen molar-refractivity contribution in [2.75, 3.05) is 23.3 Å². The van der Waals surface area contributed by atoms with Crippen LogP contribution in [0.25, 0.3) is 11.0 Å². The van der Waals surface area contributed by atoms with Gasteiger partial charge in [-0.15, -0.1) is 0 Å². The number of aromatic nitrogens is 4. The summed E-state index contributed by atoms with van der Waals surface area (Å²) >= 11 is 1.15. The molecular formula is C17H19N7OS. The van der Waals surface area contributed by atoms with E-state index in [4.69, 9.17) is 0 Å². The molecule has 1 aliphatic rings. The highest BCUT2D eigenvalue weighted by atomic mass is 32.1. The van der Waals surface area contributed by atoms with Crippen LogP contribution in [0.4, 0.5) is 16.3 Å². The summed E-state index contributed by atoms with van der Waals surface area (Å²) in [4.78, 5) is 23.1. The summed E-state index contributed by atoms with van der Waals surface area (Å²) in [6.45, 7) is 3.58. The minimum Gasteiger partial charge on any atom is -0.353 e. The van der Waals surface area contributed by atoms with Gasteiger partial charge >= 0.3 is 6.03 Å². The van der Waals surface area contributed by atoms with Crippen LogP contribution in [0.5, 0.6) is 0 Å². The van der Waals surface area contributed by atoms with E-state index in [9.17, 15) is 4.79 Å². The van der Waals surface area contributed by atoms with Crippen LogP contribution in [0.15, 0.2) is 30.7 Å². The van der Waals surface area contributed by atoms with Crippen molar-refractivity contribution in [1.82, 2.24) is 24.0 Å². The Bertz CT molecular complexity index is 914. The Balaban J connectivity index is 1.43. The highest BCUT2D eigenvalue weighted by molar-refractivity contribution is 7.00. The van der Waals surface area contributed by atoms with Gasteiger partial charge in [-0.1, -0.05) is 6.07 Å². The number of hydrogen-bond acceptors (Lipinski definition) is 7. The molecule has 1 fully saturated rings. The van der Waals surface area contributed by atoms with Crippen molar-refractivity contribution in [1.29, 1.82) is 0 Å². The molecule has 8 nitrogen and oxygen atoms in total. The quantitative estimate of drug-likeness (QED) is 0.737. The molecule has 3 aromatic rings. The van der Waals surface area contributed by atoms with Crippen molar-refractivity contribution >= 4 is 40.3 Å². The van der Waals surface area contributed by atoms with Gasteiger partial charge in [-0.25, -0.2) is 9.78 Å². The standard InChI is InChI=1S/C17H19N7OS/c1-11-4-5-13-16(23-26-22-13)15(11)21-17(25)20-12-3-2-8-24(10-12)14-9-18-6-7-19-14/h4-7,9,12H,2-3,8,10H2,1H3,(H2,20,21,25). The van der Waals surface area contributed by atoms with Gasteiger partial charge in [0.1, 0.15) is 16.9 Å². The summed E-state index contributed by atoms with van der Waals surface area (Å²) in [7, 11) is 0. The van der Waals surface area contributed by atoms with Crippen LogP contribution >= 0.6 is 11.7 Å². The number of urea groups is 1. The smallest absolute Gasteiger partial charge is 0.319 e. The topological polar surface area (TPSA) is 95.9 Å². The van der Waals surface area contributed by atoms with E-state index in [0.717, 1.165) is 59.2 Å². The molecule has 2 amide bonds. The number of anilines is 2. The molecule has 0 bridgehead atoms. The summed E-state index contributed by atoms with van der Waals surface area (Å²) in [5.74, 6) is 0.841. The number of rotatable bonds is 3. The molecule has 2 aromatic heterocycles. The Labute approximate surface area is 155 Å². The minimum atomic E-state index is -0.223. The maximum absolute atomic E-state index is 12.5. The first-order valence-corrected chi connectivity index (χ1v) is 9.24. The summed E-state index contributed by atoms with van der Waals surface area (Å²) in [6.07, 6.45) is 7.02. The third kappa shape index (κ3) is 3.43. The van der Waals surface area contributed by atoms with Gasteiger partial charge in [-0.2, -0.15) is 8.75 Å². The number of carbonyl (C=O) groups is 1. The lowest BCUT2D eigenvalue weighted by Gasteiger charge is -2.33. The zero-order valence-corrected chi connectivity index (χ0v) is 15.2. The predicted octanol–water partition coefficient (Wildman–Crippen LogP) is 2.58. The Hall–Kier alpha value is -2.81. The van der Waals surface area contributed by atoms with E-state index in [1.54, 1.807) is 18.6 Å². The number of carbonyl (C=O) groups excluding carboxylic acids is 1. The van der Waals surface area contributed by atoms with Crippen LogP contribution in [-0.4, -0.2) is 43.9 Å². The zero-order valence-electron chi connectivity index (χ0n) is 14.3. The molecular weight excluding hydrogens is 350 g/mol.